The quantitative estimate of drug-likeness (QED) is 0.330. The van der Waals surface area contributed by atoms with Crippen molar-refractivity contribution in [2.45, 2.75) is 12.8 Å². The third-order valence-corrected chi connectivity index (χ3v) is 3.48. The molecule has 2 fully saturated rings. The molecule has 1 atom stereocenters. The van der Waals surface area contributed by atoms with Crippen molar-refractivity contribution in [3.63, 3.8) is 0 Å². The highest BCUT2D eigenvalue weighted by atomic mass is 32.1. The van der Waals surface area contributed by atoms with Crippen molar-refractivity contribution >= 4 is 23.2 Å². The minimum atomic E-state index is 0.123. The number of rotatable bonds is 0. The van der Waals surface area contributed by atoms with Gasteiger partial charge in [-0.2, -0.15) is 0 Å². The van der Waals surface area contributed by atoms with Gasteiger partial charge in [0.05, 0.1) is 0 Å². The van der Waals surface area contributed by atoms with E-state index in [0.29, 0.717) is 11.5 Å². The predicted molar refractivity (Wildman–Crippen MR) is 54.9 cm³/mol. The molecule has 0 bridgehead atoms. The van der Waals surface area contributed by atoms with Gasteiger partial charge in [-0.1, -0.05) is 0 Å². The number of hydrogen-bond donors (Lipinski definition) is 3. The van der Waals surface area contributed by atoms with Crippen LogP contribution >= 0.6 is 12.2 Å². The normalized spacial score (nSPS) is 30.9. The Balaban J connectivity index is 2.00. The molecular weight excluding hydrogens is 200 g/mol. The summed E-state index contributed by atoms with van der Waals surface area (Å²) in [5.74, 6) is 3.71. The highest BCUT2D eigenvalue weighted by Crippen LogP contribution is 2.36. The van der Waals surface area contributed by atoms with Crippen LogP contribution in [0.2, 0.25) is 0 Å². The minimum Gasteiger partial charge on any atom is -0.355 e. The number of nitrogens with zero attached hydrogens (tertiary/aromatic N) is 1. The van der Waals surface area contributed by atoms with E-state index in [1.807, 2.05) is 0 Å². The first-order valence-electron chi connectivity index (χ1n) is 4.74. The number of thiocarbonyl (C=S) groups is 1. The average Bonchev–Trinajstić information content (AvgIpc) is 2.74. The molecule has 0 saturated carbocycles. The summed E-state index contributed by atoms with van der Waals surface area (Å²) in [6.07, 6.45) is 1.68. The summed E-state index contributed by atoms with van der Waals surface area (Å²) < 4.78 is 0. The van der Waals surface area contributed by atoms with Crippen LogP contribution in [0.3, 0.4) is 0 Å². The Morgan fingerprint density at radius 3 is 3.07 bits per heavy atom. The van der Waals surface area contributed by atoms with Gasteiger partial charge in [0.2, 0.25) is 11.0 Å². The second kappa shape index (κ2) is 3.36. The van der Waals surface area contributed by atoms with Gasteiger partial charge in [-0.05, 0) is 18.6 Å². The standard InChI is InChI=1S/C8H14N4OS/c9-11-7(14)12-2-1-8(5-12)3-6(13)10-4-8/h1-5,9H2,(H,10,13)(H,11,14)/p+1. The van der Waals surface area contributed by atoms with Crippen molar-refractivity contribution in [3.05, 3.63) is 0 Å². The van der Waals surface area contributed by atoms with Crippen LogP contribution in [0.4, 0.5) is 0 Å². The van der Waals surface area contributed by atoms with E-state index in [2.05, 4.69) is 21.5 Å². The Morgan fingerprint density at radius 2 is 2.50 bits per heavy atom. The lowest BCUT2D eigenvalue weighted by atomic mass is 9.86. The van der Waals surface area contributed by atoms with Gasteiger partial charge in [0.25, 0.3) is 0 Å². The van der Waals surface area contributed by atoms with E-state index < -0.39 is 0 Å². The van der Waals surface area contributed by atoms with Crippen LogP contribution in [0.1, 0.15) is 12.8 Å². The largest absolute Gasteiger partial charge is 0.355 e. The first-order valence-corrected chi connectivity index (χ1v) is 5.15. The lowest BCUT2D eigenvalue weighted by Crippen LogP contribution is -2.69. The number of nitrogens with one attached hydrogen (secondary N) is 2. The van der Waals surface area contributed by atoms with Crippen LogP contribution in [-0.4, -0.2) is 35.6 Å². The minimum absolute atomic E-state index is 0.123. The van der Waals surface area contributed by atoms with Crippen molar-refractivity contribution in [1.82, 2.24) is 15.6 Å². The molecule has 2 aliphatic heterocycles. The second-order valence-electron chi connectivity index (χ2n) is 4.11. The highest BCUT2D eigenvalue weighted by Gasteiger charge is 2.44. The summed E-state index contributed by atoms with van der Waals surface area (Å²) in [4.78, 5) is 13.2. The third-order valence-electron chi connectivity index (χ3n) is 3.07. The average molecular weight is 215 g/mol. The zero-order valence-electron chi connectivity index (χ0n) is 8.01. The fourth-order valence-electron chi connectivity index (χ4n) is 2.26. The van der Waals surface area contributed by atoms with Gasteiger partial charge in [-0.25, -0.2) is 5.43 Å². The van der Waals surface area contributed by atoms with Gasteiger partial charge in [-0.15, -0.1) is 0 Å². The van der Waals surface area contributed by atoms with Gasteiger partial charge in [0.1, 0.15) is 0 Å². The number of carbonyl (C=O) groups is 1. The summed E-state index contributed by atoms with van der Waals surface area (Å²) in [5, 5.41) is 3.57. The van der Waals surface area contributed by atoms with Gasteiger partial charge in [0.15, 0.2) is 0 Å². The van der Waals surface area contributed by atoms with Gasteiger partial charge in [0, 0.05) is 31.5 Å². The van der Waals surface area contributed by atoms with Crippen molar-refractivity contribution in [2.24, 2.45) is 5.41 Å². The first kappa shape index (κ1) is 9.67. The predicted octanol–water partition coefficient (Wildman–Crippen LogP) is -1.77. The van der Waals surface area contributed by atoms with E-state index in [4.69, 9.17) is 12.2 Å². The molecule has 2 saturated heterocycles. The van der Waals surface area contributed by atoms with E-state index in [1.165, 1.54) is 0 Å². The molecule has 1 unspecified atom stereocenters. The Morgan fingerprint density at radius 1 is 1.71 bits per heavy atom. The fourth-order valence-corrected chi connectivity index (χ4v) is 2.42. The number of likely N-dealkylation sites (tertiary alicyclic amines) is 1. The van der Waals surface area contributed by atoms with Crippen molar-refractivity contribution < 1.29 is 10.6 Å². The van der Waals surface area contributed by atoms with E-state index in [9.17, 15) is 4.79 Å². The molecule has 14 heavy (non-hydrogen) atoms. The van der Waals surface area contributed by atoms with Crippen LogP contribution in [0.5, 0.6) is 0 Å². The molecule has 5 nitrogen and oxygen atoms in total. The summed E-state index contributed by atoms with van der Waals surface area (Å²) in [6, 6.07) is 0. The Labute approximate surface area is 88.0 Å². The molecule has 2 rings (SSSR count). The molecule has 0 aromatic heterocycles. The van der Waals surface area contributed by atoms with Crippen molar-refractivity contribution in [2.75, 3.05) is 19.6 Å². The highest BCUT2D eigenvalue weighted by molar-refractivity contribution is 7.80. The molecule has 2 heterocycles. The van der Waals surface area contributed by atoms with Crippen LogP contribution in [0.25, 0.3) is 0 Å². The SMILES string of the molecule is [NH3+]NC(=S)N1CCC2(CNC(=O)C2)C1. The fraction of sp³-hybridized carbons (Fsp3) is 0.750. The molecule has 6 heteroatoms. The molecule has 1 amide bonds. The molecule has 0 aromatic carbocycles. The second-order valence-corrected chi connectivity index (χ2v) is 4.49. The topological polar surface area (TPSA) is 72.0 Å². The lowest BCUT2D eigenvalue weighted by Gasteiger charge is -2.22. The smallest absolute Gasteiger partial charge is 0.220 e. The van der Waals surface area contributed by atoms with E-state index >= 15 is 0 Å². The zero-order valence-corrected chi connectivity index (χ0v) is 8.82. The van der Waals surface area contributed by atoms with E-state index in [-0.39, 0.29) is 11.3 Å². The number of carbonyl (C=O) groups excluding carboxylic acids is 1. The maximum atomic E-state index is 11.2. The third kappa shape index (κ3) is 1.55. The van der Waals surface area contributed by atoms with Crippen molar-refractivity contribution in [3.8, 4) is 0 Å². The molecule has 2 aliphatic rings. The van der Waals surface area contributed by atoms with Crippen molar-refractivity contribution in [1.29, 1.82) is 0 Å². The molecule has 5 N–H and O–H groups in total. The first-order chi connectivity index (χ1) is 6.65. The molecular formula is C8H15N4OS+. The number of amides is 1. The van der Waals surface area contributed by atoms with Crippen LogP contribution in [0.15, 0.2) is 0 Å². The van der Waals surface area contributed by atoms with Gasteiger partial charge >= 0.3 is 0 Å². The number of quaternary nitrogens is 1. The molecule has 0 aromatic rings. The van der Waals surface area contributed by atoms with E-state index in [1.54, 1.807) is 0 Å². The summed E-state index contributed by atoms with van der Waals surface area (Å²) in [6.45, 7) is 2.59. The molecule has 0 aliphatic carbocycles. The Kier molecular flexibility index (Phi) is 2.32. The number of hydrogen-bond acceptors (Lipinski definition) is 2. The maximum absolute atomic E-state index is 11.2. The van der Waals surface area contributed by atoms with Gasteiger partial charge < -0.3 is 10.2 Å². The monoisotopic (exact) mass is 215 g/mol. The van der Waals surface area contributed by atoms with Crippen LogP contribution in [0, 0.1) is 5.41 Å². The Hall–Kier alpha value is -0.880. The van der Waals surface area contributed by atoms with Gasteiger partial charge in [-0.3, -0.25) is 10.6 Å². The lowest BCUT2D eigenvalue weighted by molar-refractivity contribution is -0.420. The van der Waals surface area contributed by atoms with E-state index in [0.717, 1.165) is 26.1 Å². The summed E-state index contributed by atoms with van der Waals surface area (Å²) in [7, 11) is 0. The maximum Gasteiger partial charge on any atom is 0.220 e. The Bertz CT molecular complexity index is 283. The zero-order chi connectivity index (χ0) is 10.2. The van der Waals surface area contributed by atoms with Crippen LogP contribution in [-0.2, 0) is 4.79 Å². The molecule has 78 valence electrons. The summed E-state index contributed by atoms with van der Waals surface area (Å²) in [5.41, 5.74) is 2.85. The van der Waals surface area contributed by atoms with Crippen LogP contribution < -0.4 is 16.6 Å². The molecule has 1 spiro atoms. The molecule has 0 radical (unpaired) electrons. The summed E-state index contributed by atoms with van der Waals surface area (Å²) >= 11 is 5.11.